The van der Waals surface area contributed by atoms with Crippen LogP contribution in [0.25, 0.3) is 0 Å². The lowest BCUT2D eigenvalue weighted by Crippen LogP contribution is -2.02. The van der Waals surface area contributed by atoms with Crippen LogP contribution in [-0.4, -0.2) is 11.5 Å². The van der Waals surface area contributed by atoms with Gasteiger partial charge < -0.3 is 10.5 Å². The molecule has 0 spiro atoms. The number of nitro groups is 1. The Hall–Kier alpha value is -2.56. The van der Waals surface area contributed by atoms with E-state index in [0.29, 0.717) is 18.0 Å². The average Bonchev–Trinajstić information content (AvgIpc) is 2.46. The van der Waals surface area contributed by atoms with Crippen molar-refractivity contribution in [3.63, 3.8) is 0 Å². The molecule has 20 heavy (non-hydrogen) atoms. The van der Waals surface area contributed by atoms with Crippen LogP contribution in [0.15, 0.2) is 48.5 Å². The molecule has 0 unspecified atom stereocenters. The summed E-state index contributed by atoms with van der Waals surface area (Å²) in [5, 5.41) is 10.6. The topological polar surface area (TPSA) is 78.4 Å². The summed E-state index contributed by atoms with van der Waals surface area (Å²) < 4.78 is 5.55. The second-order valence-electron chi connectivity index (χ2n) is 4.42. The Morgan fingerprint density at radius 3 is 2.55 bits per heavy atom. The van der Waals surface area contributed by atoms with Gasteiger partial charge in [0.2, 0.25) is 0 Å². The lowest BCUT2D eigenvalue weighted by Gasteiger charge is -2.08. The molecule has 0 aliphatic heterocycles. The Labute approximate surface area is 117 Å². The molecule has 0 aliphatic rings. The number of ether oxygens (including phenoxy) is 1. The molecule has 2 N–H and O–H groups in total. The van der Waals surface area contributed by atoms with E-state index in [0.717, 1.165) is 12.8 Å². The number of rotatable bonds is 6. The first kappa shape index (κ1) is 13.9. The largest absolute Gasteiger partial charge is 0.491 e. The fourth-order valence-corrected chi connectivity index (χ4v) is 1.88. The second-order valence-corrected chi connectivity index (χ2v) is 4.42. The number of benzene rings is 2. The maximum absolute atomic E-state index is 10.6. The van der Waals surface area contributed by atoms with Crippen LogP contribution in [0.2, 0.25) is 0 Å². The number of nitrogen functional groups attached to an aromatic ring is 1. The highest BCUT2D eigenvalue weighted by Gasteiger charge is 2.09. The molecule has 2 rings (SSSR count). The lowest BCUT2D eigenvalue weighted by atomic mass is 10.1. The summed E-state index contributed by atoms with van der Waals surface area (Å²) >= 11 is 0. The Bertz CT molecular complexity index is 585. The van der Waals surface area contributed by atoms with Crippen LogP contribution in [0.5, 0.6) is 5.75 Å². The van der Waals surface area contributed by atoms with E-state index in [2.05, 4.69) is 12.1 Å². The summed E-state index contributed by atoms with van der Waals surface area (Å²) in [5.74, 6) is 0.490. The fraction of sp³-hybridized carbons (Fsp3) is 0.200. The van der Waals surface area contributed by atoms with E-state index in [-0.39, 0.29) is 5.69 Å². The molecule has 0 aromatic heterocycles. The minimum absolute atomic E-state index is 0.0286. The van der Waals surface area contributed by atoms with Crippen LogP contribution in [0.1, 0.15) is 12.0 Å². The van der Waals surface area contributed by atoms with Gasteiger partial charge in [-0.05, 0) is 24.5 Å². The summed E-state index contributed by atoms with van der Waals surface area (Å²) in [6.45, 7) is 0.525. The summed E-state index contributed by atoms with van der Waals surface area (Å²) in [6, 6.07) is 14.4. The molecule has 0 atom stereocenters. The van der Waals surface area contributed by atoms with Crippen molar-refractivity contribution in [1.82, 2.24) is 0 Å². The summed E-state index contributed by atoms with van der Waals surface area (Å²) in [7, 11) is 0. The predicted molar refractivity (Wildman–Crippen MR) is 77.8 cm³/mol. The normalized spacial score (nSPS) is 10.2. The molecular weight excluding hydrogens is 256 g/mol. The van der Waals surface area contributed by atoms with E-state index >= 15 is 0 Å². The van der Waals surface area contributed by atoms with Crippen LogP contribution < -0.4 is 10.5 Å². The van der Waals surface area contributed by atoms with Crippen molar-refractivity contribution in [3.8, 4) is 5.75 Å². The second kappa shape index (κ2) is 6.56. The van der Waals surface area contributed by atoms with Crippen LogP contribution >= 0.6 is 0 Å². The quantitative estimate of drug-likeness (QED) is 0.379. The predicted octanol–water partition coefficient (Wildman–Crippen LogP) is 3.19. The Morgan fingerprint density at radius 2 is 1.90 bits per heavy atom. The highest BCUT2D eigenvalue weighted by Crippen LogP contribution is 2.26. The highest BCUT2D eigenvalue weighted by molar-refractivity contribution is 5.58. The van der Waals surface area contributed by atoms with Gasteiger partial charge in [-0.1, -0.05) is 30.3 Å². The zero-order valence-corrected chi connectivity index (χ0v) is 11.0. The van der Waals surface area contributed by atoms with Gasteiger partial charge in [-0.15, -0.1) is 0 Å². The average molecular weight is 272 g/mol. The SMILES string of the molecule is Nc1cc([N+](=O)[O-])ccc1OCCCc1ccccc1. The Balaban J connectivity index is 1.84. The minimum Gasteiger partial charge on any atom is -0.491 e. The first-order valence-corrected chi connectivity index (χ1v) is 6.37. The molecule has 0 aliphatic carbocycles. The highest BCUT2D eigenvalue weighted by atomic mass is 16.6. The molecule has 0 amide bonds. The van der Waals surface area contributed by atoms with E-state index in [9.17, 15) is 10.1 Å². The molecule has 0 saturated heterocycles. The van der Waals surface area contributed by atoms with Gasteiger partial charge in [-0.2, -0.15) is 0 Å². The third-order valence-corrected chi connectivity index (χ3v) is 2.91. The first-order valence-electron chi connectivity index (χ1n) is 6.37. The molecule has 5 nitrogen and oxygen atoms in total. The molecule has 2 aromatic rings. The van der Waals surface area contributed by atoms with Crippen molar-refractivity contribution in [3.05, 3.63) is 64.2 Å². The van der Waals surface area contributed by atoms with Gasteiger partial charge in [0.1, 0.15) is 5.75 Å². The maximum Gasteiger partial charge on any atom is 0.271 e. The number of hydrogen-bond acceptors (Lipinski definition) is 4. The van der Waals surface area contributed by atoms with Gasteiger partial charge in [0.25, 0.3) is 5.69 Å². The number of nitrogens with zero attached hydrogens (tertiary/aromatic N) is 1. The van der Waals surface area contributed by atoms with Crippen molar-refractivity contribution in [2.24, 2.45) is 0 Å². The number of anilines is 1. The van der Waals surface area contributed by atoms with Crippen molar-refractivity contribution in [2.45, 2.75) is 12.8 Å². The van der Waals surface area contributed by atoms with Gasteiger partial charge in [0, 0.05) is 12.1 Å². The molecule has 104 valence electrons. The molecule has 0 saturated carbocycles. The molecule has 2 aromatic carbocycles. The van der Waals surface area contributed by atoms with E-state index in [1.807, 2.05) is 18.2 Å². The third-order valence-electron chi connectivity index (χ3n) is 2.91. The maximum atomic E-state index is 10.6. The summed E-state index contributed by atoms with van der Waals surface area (Å²) in [5.41, 5.74) is 7.24. The van der Waals surface area contributed by atoms with Crippen LogP contribution in [0.3, 0.4) is 0 Å². The fourth-order valence-electron chi connectivity index (χ4n) is 1.88. The van der Waals surface area contributed by atoms with Crippen molar-refractivity contribution in [2.75, 3.05) is 12.3 Å². The van der Waals surface area contributed by atoms with Gasteiger partial charge in [0.05, 0.1) is 17.2 Å². The number of hydrogen-bond donors (Lipinski definition) is 1. The molecule has 0 radical (unpaired) electrons. The number of nitro benzene ring substituents is 1. The van der Waals surface area contributed by atoms with Gasteiger partial charge in [-0.25, -0.2) is 0 Å². The lowest BCUT2D eigenvalue weighted by molar-refractivity contribution is -0.384. The number of nitrogens with two attached hydrogens (primary N) is 1. The molecule has 0 heterocycles. The molecule has 0 fully saturated rings. The number of non-ortho nitro benzene ring substituents is 1. The van der Waals surface area contributed by atoms with E-state index in [1.54, 1.807) is 0 Å². The van der Waals surface area contributed by atoms with Gasteiger partial charge in [-0.3, -0.25) is 10.1 Å². The van der Waals surface area contributed by atoms with Crippen molar-refractivity contribution in [1.29, 1.82) is 0 Å². The van der Waals surface area contributed by atoms with E-state index < -0.39 is 4.92 Å². The monoisotopic (exact) mass is 272 g/mol. The van der Waals surface area contributed by atoms with Crippen LogP contribution in [0, 0.1) is 10.1 Å². The molecular formula is C15H16N2O3. The third kappa shape index (κ3) is 3.71. The Morgan fingerprint density at radius 1 is 1.15 bits per heavy atom. The van der Waals surface area contributed by atoms with Crippen molar-refractivity contribution >= 4 is 11.4 Å². The zero-order valence-electron chi connectivity index (χ0n) is 11.0. The standard InChI is InChI=1S/C15H16N2O3/c16-14-11-13(17(18)19)8-9-15(14)20-10-4-7-12-5-2-1-3-6-12/h1-3,5-6,8-9,11H,4,7,10,16H2. The van der Waals surface area contributed by atoms with E-state index in [1.165, 1.54) is 23.8 Å². The van der Waals surface area contributed by atoms with Crippen LogP contribution in [-0.2, 0) is 6.42 Å². The van der Waals surface area contributed by atoms with Crippen LogP contribution in [0.4, 0.5) is 11.4 Å². The van der Waals surface area contributed by atoms with Crippen molar-refractivity contribution < 1.29 is 9.66 Å². The zero-order chi connectivity index (χ0) is 14.4. The Kier molecular flexibility index (Phi) is 4.55. The minimum atomic E-state index is -0.477. The van der Waals surface area contributed by atoms with Gasteiger partial charge >= 0.3 is 0 Å². The van der Waals surface area contributed by atoms with Gasteiger partial charge in [0.15, 0.2) is 0 Å². The first-order chi connectivity index (χ1) is 9.66. The number of aryl methyl sites for hydroxylation is 1. The van der Waals surface area contributed by atoms with E-state index in [4.69, 9.17) is 10.5 Å². The smallest absolute Gasteiger partial charge is 0.271 e. The molecule has 5 heteroatoms. The summed E-state index contributed by atoms with van der Waals surface area (Å²) in [4.78, 5) is 10.1. The molecule has 0 bridgehead atoms. The summed E-state index contributed by atoms with van der Waals surface area (Å²) in [6.07, 6.45) is 1.79.